The predicted octanol–water partition coefficient (Wildman–Crippen LogP) is 3.04. The number of rotatable bonds is 3. The lowest BCUT2D eigenvalue weighted by Crippen LogP contribution is -2.46. The van der Waals surface area contributed by atoms with Gasteiger partial charge in [-0.15, -0.1) is 0 Å². The van der Waals surface area contributed by atoms with Crippen molar-refractivity contribution in [1.82, 2.24) is 14.9 Å². The van der Waals surface area contributed by atoms with E-state index < -0.39 is 11.8 Å². The Morgan fingerprint density at radius 1 is 1.18 bits per heavy atom. The number of nitrogens with two attached hydrogens (primary N) is 2. The summed E-state index contributed by atoms with van der Waals surface area (Å²) in [6.07, 6.45) is 5.77. The highest BCUT2D eigenvalue weighted by molar-refractivity contribution is 6.40. The first-order valence-corrected chi connectivity index (χ1v) is 10.8. The Balaban J connectivity index is 1.61. The highest BCUT2D eigenvalue weighted by Crippen LogP contribution is 2.35. The normalized spacial score (nSPS) is 18.2. The van der Waals surface area contributed by atoms with Crippen LogP contribution in [0.1, 0.15) is 42.5 Å². The zero-order valence-corrected chi connectivity index (χ0v) is 18.6. The van der Waals surface area contributed by atoms with Crippen LogP contribution in [0, 0.1) is 18.3 Å². The van der Waals surface area contributed by atoms with Crippen LogP contribution >= 0.6 is 0 Å². The van der Waals surface area contributed by atoms with Gasteiger partial charge in [0.15, 0.2) is 0 Å². The molecular formula is C24H27N7O2. The molecule has 3 heterocycles. The number of fused-ring (bicyclic) bond motifs is 1. The van der Waals surface area contributed by atoms with Gasteiger partial charge < -0.3 is 27.1 Å². The van der Waals surface area contributed by atoms with Crippen LogP contribution in [0.5, 0.6) is 0 Å². The second-order valence-corrected chi connectivity index (χ2v) is 8.60. The lowest BCUT2D eigenvalue weighted by molar-refractivity contribution is -0.146. The van der Waals surface area contributed by atoms with E-state index in [9.17, 15) is 9.59 Å². The van der Waals surface area contributed by atoms with Crippen molar-refractivity contribution < 1.29 is 9.59 Å². The number of hydrogen-bond donors (Lipinski definition) is 4. The molecule has 0 bridgehead atoms. The fourth-order valence-electron chi connectivity index (χ4n) is 4.29. The van der Waals surface area contributed by atoms with Crippen molar-refractivity contribution in [3.63, 3.8) is 0 Å². The van der Waals surface area contributed by atoms with E-state index in [-0.39, 0.29) is 34.7 Å². The molecule has 0 spiro atoms. The van der Waals surface area contributed by atoms with Crippen LogP contribution in [0.4, 0.5) is 17.2 Å². The first-order chi connectivity index (χ1) is 15.8. The standard InChI is InChI=1S/C24H27N7O2/c1-13-3-6-20(16-5-4-15-7-14(2)10-28-18(15)8-16)31(12-13)24(33)23(32)30-19-11-29-22(27)17(9-25)21(19)26/h4-5,7-11,13,20,25H,3,6,12H2,1-2H3,(H,30,32)(H4,26,27,29)/t13-,20+/m0/s1. The number of nitrogens with zero attached hydrogens (tertiary/aromatic N) is 3. The lowest BCUT2D eigenvalue weighted by Gasteiger charge is -2.38. The third-order valence-corrected chi connectivity index (χ3v) is 6.08. The van der Waals surface area contributed by atoms with Gasteiger partial charge in [-0.2, -0.15) is 0 Å². The van der Waals surface area contributed by atoms with Crippen molar-refractivity contribution in [1.29, 1.82) is 5.41 Å². The van der Waals surface area contributed by atoms with E-state index in [0.717, 1.165) is 41.1 Å². The van der Waals surface area contributed by atoms with Crippen molar-refractivity contribution in [3.05, 3.63) is 53.3 Å². The van der Waals surface area contributed by atoms with Gasteiger partial charge in [0.1, 0.15) is 5.82 Å². The van der Waals surface area contributed by atoms with E-state index in [2.05, 4.69) is 28.3 Å². The molecule has 9 heteroatoms. The van der Waals surface area contributed by atoms with E-state index in [1.54, 1.807) is 4.90 Å². The minimum absolute atomic E-state index is 0.0804. The van der Waals surface area contributed by atoms with Gasteiger partial charge in [-0.05, 0) is 48.9 Å². The lowest BCUT2D eigenvalue weighted by atomic mass is 9.89. The minimum Gasteiger partial charge on any atom is -0.396 e. The molecule has 3 aromatic rings. The summed E-state index contributed by atoms with van der Waals surface area (Å²) in [5, 5.41) is 11.0. The molecular weight excluding hydrogens is 418 g/mol. The summed E-state index contributed by atoms with van der Waals surface area (Å²) in [6.45, 7) is 4.53. The number of aryl methyl sites for hydroxylation is 1. The monoisotopic (exact) mass is 445 g/mol. The third kappa shape index (κ3) is 4.34. The van der Waals surface area contributed by atoms with Crippen LogP contribution in [-0.2, 0) is 9.59 Å². The molecule has 1 aromatic carbocycles. The van der Waals surface area contributed by atoms with E-state index in [1.165, 1.54) is 6.20 Å². The maximum Gasteiger partial charge on any atom is 0.314 e. The largest absolute Gasteiger partial charge is 0.396 e. The maximum atomic E-state index is 13.2. The summed E-state index contributed by atoms with van der Waals surface area (Å²) in [5.74, 6) is -1.10. The summed E-state index contributed by atoms with van der Waals surface area (Å²) in [4.78, 5) is 36.2. The van der Waals surface area contributed by atoms with Gasteiger partial charge in [-0.1, -0.05) is 19.1 Å². The van der Waals surface area contributed by atoms with Crippen molar-refractivity contribution in [2.45, 2.75) is 32.7 Å². The van der Waals surface area contributed by atoms with Gasteiger partial charge in [0, 0.05) is 24.3 Å². The van der Waals surface area contributed by atoms with Crippen LogP contribution < -0.4 is 16.8 Å². The van der Waals surface area contributed by atoms with Gasteiger partial charge in [-0.25, -0.2) is 4.98 Å². The Bertz CT molecular complexity index is 1260. The summed E-state index contributed by atoms with van der Waals surface area (Å²) >= 11 is 0. The highest BCUT2D eigenvalue weighted by Gasteiger charge is 2.34. The molecule has 6 N–H and O–H groups in total. The van der Waals surface area contributed by atoms with Gasteiger partial charge in [-0.3, -0.25) is 14.6 Å². The second kappa shape index (κ2) is 8.85. The smallest absolute Gasteiger partial charge is 0.314 e. The molecule has 0 radical (unpaired) electrons. The number of pyridine rings is 2. The topological polar surface area (TPSA) is 151 Å². The molecule has 0 saturated carbocycles. The third-order valence-electron chi connectivity index (χ3n) is 6.08. The van der Waals surface area contributed by atoms with Gasteiger partial charge in [0.05, 0.1) is 34.7 Å². The molecule has 170 valence electrons. The number of benzene rings is 1. The number of amides is 2. The molecule has 1 fully saturated rings. The van der Waals surface area contributed by atoms with Crippen LogP contribution in [-0.4, -0.2) is 39.4 Å². The van der Waals surface area contributed by atoms with Gasteiger partial charge in [0.2, 0.25) is 0 Å². The Kier molecular flexibility index (Phi) is 5.95. The number of anilines is 3. The fourth-order valence-corrected chi connectivity index (χ4v) is 4.29. The molecule has 1 saturated heterocycles. The molecule has 1 aliphatic rings. The van der Waals surface area contributed by atoms with E-state index in [0.29, 0.717) is 6.54 Å². The number of hydrogen-bond acceptors (Lipinski definition) is 7. The molecule has 2 atom stereocenters. The van der Waals surface area contributed by atoms with Crippen molar-refractivity contribution in [3.8, 4) is 0 Å². The Hall–Kier alpha value is -4.01. The van der Waals surface area contributed by atoms with Crippen LogP contribution in [0.15, 0.2) is 36.7 Å². The Morgan fingerprint density at radius 3 is 2.73 bits per heavy atom. The van der Waals surface area contributed by atoms with Crippen molar-refractivity contribution in [2.24, 2.45) is 5.92 Å². The van der Waals surface area contributed by atoms with E-state index in [4.69, 9.17) is 16.9 Å². The average molecular weight is 446 g/mol. The number of nitrogen functional groups attached to an aromatic ring is 2. The van der Waals surface area contributed by atoms with Crippen molar-refractivity contribution >= 4 is 46.1 Å². The van der Waals surface area contributed by atoms with E-state index in [1.807, 2.05) is 31.3 Å². The highest BCUT2D eigenvalue weighted by atomic mass is 16.2. The second-order valence-electron chi connectivity index (χ2n) is 8.60. The molecule has 2 amide bonds. The first kappa shape index (κ1) is 22.2. The number of aromatic nitrogens is 2. The SMILES string of the molecule is Cc1cnc2cc([C@H]3CC[C@H](C)CN3C(=O)C(=O)Nc3cnc(N)c(C=N)c3N)ccc2c1. The molecule has 1 aliphatic heterocycles. The van der Waals surface area contributed by atoms with Gasteiger partial charge in [0.25, 0.3) is 0 Å². The first-order valence-electron chi connectivity index (χ1n) is 10.8. The van der Waals surface area contributed by atoms with Gasteiger partial charge >= 0.3 is 11.8 Å². The predicted molar refractivity (Wildman–Crippen MR) is 129 cm³/mol. The van der Waals surface area contributed by atoms with Crippen molar-refractivity contribution in [2.75, 3.05) is 23.3 Å². The molecule has 0 unspecified atom stereocenters. The number of nitrogens with one attached hydrogen (secondary N) is 2. The Morgan fingerprint density at radius 2 is 1.97 bits per heavy atom. The summed E-state index contributed by atoms with van der Waals surface area (Å²) in [6, 6.07) is 7.84. The minimum atomic E-state index is -0.808. The molecule has 4 rings (SSSR count). The number of piperidine rings is 1. The zero-order chi connectivity index (χ0) is 23.7. The summed E-state index contributed by atoms with van der Waals surface area (Å²) < 4.78 is 0. The summed E-state index contributed by atoms with van der Waals surface area (Å²) in [7, 11) is 0. The number of likely N-dealkylation sites (tertiary alicyclic amines) is 1. The van der Waals surface area contributed by atoms with E-state index >= 15 is 0 Å². The Labute approximate surface area is 191 Å². The number of carbonyl (C=O) groups is 2. The quantitative estimate of drug-likeness (QED) is 0.359. The number of carbonyl (C=O) groups excluding carboxylic acids is 2. The molecule has 0 aliphatic carbocycles. The fraction of sp³-hybridized carbons (Fsp3) is 0.292. The zero-order valence-electron chi connectivity index (χ0n) is 18.6. The van der Waals surface area contributed by atoms with Crippen LogP contribution in [0.3, 0.4) is 0 Å². The van der Waals surface area contributed by atoms with Crippen LogP contribution in [0.25, 0.3) is 10.9 Å². The van der Waals surface area contributed by atoms with Crippen LogP contribution in [0.2, 0.25) is 0 Å². The summed E-state index contributed by atoms with van der Waals surface area (Å²) in [5.41, 5.74) is 15.1. The average Bonchev–Trinajstić information content (AvgIpc) is 2.80. The maximum absolute atomic E-state index is 13.2. The molecule has 33 heavy (non-hydrogen) atoms. The molecule has 2 aromatic heterocycles. The molecule has 9 nitrogen and oxygen atoms in total.